The summed E-state index contributed by atoms with van der Waals surface area (Å²) >= 11 is 0. The standard InChI is InChI=1S/C14H26F3N3/c1-12-3-2-4-13(18,9-12)10-19-5-7-20(8-6-19)11-14(15,16)17/h12H,2-11,18H2,1H3. The molecule has 2 rings (SSSR count). The lowest BCUT2D eigenvalue weighted by Gasteiger charge is -2.43. The summed E-state index contributed by atoms with van der Waals surface area (Å²) in [7, 11) is 0. The first-order chi connectivity index (χ1) is 9.26. The molecule has 0 bridgehead atoms. The maximum Gasteiger partial charge on any atom is 0.401 e. The van der Waals surface area contributed by atoms with Crippen LogP contribution in [0.15, 0.2) is 0 Å². The summed E-state index contributed by atoms with van der Waals surface area (Å²) < 4.78 is 37.0. The molecule has 6 heteroatoms. The van der Waals surface area contributed by atoms with Crippen molar-refractivity contribution in [3.05, 3.63) is 0 Å². The molecule has 2 fully saturated rings. The van der Waals surface area contributed by atoms with Crippen molar-refractivity contribution in [2.75, 3.05) is 39.3 Å². The Kier molecular flexibility index (Phi) is 4.97. The van der Waals surface area contributed by atoms with Gasteiger partial charge in [-0.1, -0.05) is 19.8 Å². The van der Waals surface area contributed by atoms with E-state index in [-0.39, 0.29) is 5.54 Å². The minimum absolute atomic E-state index is 0.135. The molecule has 0 amide bonds. The predicted octanol–water partition coefficient (Wildman–Crippen LogP) is 2.07. The first-order valence-corrected chi connectivity index (χ1v) is 7.56. The van der Waals surface area contributed by atoms with Gasteiger partial charge in [-0.3, -0.25) is 9.80 Å². The van der Waals surface area contributed by atoms with E-state index in [4.69, 9.17) is 5.73 Å². The van der Waals surface area contributed by atoms with Gasteiger partial charge >= 0.3 is 6.18 Å². The molecule has 2 atom stereocenters. The molecule has 1 aliphatic carbocycles. The molecule has 2 unspecified atom stereocenters. The Morgan fingerprint density at radius 2 is 1.75 bits per heavy atom. The first kappa shape index (κ1) is 16.0. The maximum absolute atomic E-state index is 12.3. The van der Waals surface area contributed by atoms with Crippen LogP contribution in [0, 0.1) is 5.92 Å². The Morgan fingerprint density at radius 1 is 1.15 bits per heavy atom. The summed E-state index contributed by atoms with van der Waals surface area (Å²) in [6.07, 6.45) is 0.413. The molecule has 20 heavy (non-hydrogen) atoms. The van der Waals surface area contributed by atoms with Crippen molar-refractivity contribution in [3.8, 4) is 0 Å². The van der Waals surface area contributed by atoms with E-state index in [0.717, 1.165) is 19.4 Å². The fourth-order valence-corrected chi connectivity index (χ4v) is 3.65. The van der Waals surface area contributed by atoms with Gasteiger partial charge in [0.05, 0.1) is 6.54 Å². The third-order valence-corrected chi connectivity index (χ3v) is 4.53. The third-order valence-electron chi connectivity index (χ3n) is 4.53. The highest BCUT2D eigenvalue weighted by atomic mass is 19.4. The van der Waals surface area contributed by atoms with Gasteiger partial charge in [0, 0.05) is 38.3 Å². The van der Waals surface area contributed by atoms with Crippen LogP contribution in [0.3, 0.4) is 0 Å². The molecule has 3 nitrogen and oxygen atoms in total. The average molecular weight is 293 g/mol. The van der Waals surface area contributed by atoms with Crippen LogP contribution in [-0.4, -0.2) is 60.8 Å². The van der Waals surface area contributed by atoms with Crippen LogP contribution >= 0.6 is 0 Å². The fraction of sp³-hybridized carbons (Fsp3) is 1.00. The zero-order valence-electron chi connectivity index (χ0n) is 12.3. The maximum atomic E-state index is 12.3. The van der Waals surface area contributed by atoms with Crippen molar-refractivity contribution in [1.29, 1.82) is 0 Å². The van der Waals surface area contributed by atoms with Gasteiger partial charge in [-0.25, -0.2) is 0 Å². The van der Waals surface area contributed by atoms with Crippen molar-refractivity contribution in [3.63, 3.8) is 0 Å². The van der Waals surface area contributed by atoms with E-state index in [1.807, 2.05) is 0 Å². The molecule has 1 saturated heterocycles. The molecule has 1 heterocycles. The van der Waals surface area contributed by atoms with Gasteiger partial charge in [-0.2, -0.15) is 13.2 Å². The number of halogens is 3. The minimum atomic E-state index is -4.09. The monoisotopic (exact) mass is 293 g/mol. The van der Waals surface area contributed by atoms with Gasteiger partial charge in [0.2, 0.25) is 0 Å². The summed E-state index contributed by atoms with van der Waals surface area (Å²) in [6.45, 7) is 4.66. The largest absolute Gasteiger partial charge is 0.401 e. The molecule has 0 spiro atoms. The number of nitrogens with zero attached hydrogens (tertiary/aromatic N) is 2. The van der Waals surface area contributed by atoms with Crippen LogP contribution in [-0.2, 0) is 0 Å². The molecule has 2 aliphatic rings. The molecular formula is C14H26F3N3. The van der Waals surface area contributed by atoms with Crippen LogP contribution in [0.4, 0.5) is 13.2 Å². The van der Waals surface area contributed by atoms with E-state index in [0.29, 0.717) is 32.1 Å². The topological polar surface area (TPSA) is 32.5 Å². The minimum Gasteiger partial charge on any atom is -0.324 e. The number of rotatable bonds is 3. The van der Waals surface area contributed by atoms with E-state index < -0.39 is 12.7 Å². The number of nitrogens with two attached hydrogens (primary N) is 1. The summed E-state index contributed by atoms with van der Waals surface area (Å²) in [4.78, 5) is 3.73. The highest BCUT2D eigenvalue weighted by Crippen LogP contribution is 2.31. The van der Waals surface area contributed by atoms with E-state index >= 15 is 0 Å². The van der Waals surface area contributed by atoms with Crippen LogP contribution in [0.5, 0.6) is 0 Å². The Morgan fingerprint density at radius 3 is 2.30 bits per heavy atom. The molecule has 1 aliphatic heterocycles. The van der Waals surface area contributed by atoms with Gasteiger partial charge in [0.15, 0.2) is 0 Å². The molecule has 1 saturated carbocycles. The second-order valence-corrected chi connectivity index (χ2v) is 6.73. The summed E-state index contributed by atoms with van der Waals surface area (Å²) in [5.74, 6) is 0.667. The van der Waals surface area contributed by atoms with Gasteiger partial charge < -0.3 is 5.73 Å². The number of piperazine rings is 1. The number of hydrogen-bond acceptors (Lipinski definition) is 3. The van der Waals surface area contributed by atoms with Crippen LogP contribution in [0.1, 0.15) is 32.6 Å². The highest BCUT2D eigenvalue weighted by Gasteiger charge is 2.35. The zero-order valence-corrected chi connectivity index (χ0v) is 12.3. The smallest absolute Gasteiger partial charge is 0.324 e. The number of hydrogen-bond donors (Lipinski definition) is 1. The van der Waals surface area contributed by atoms with E-state index in [9.17, 15) is 13.2 Å². The van der Waals surface area contributed by atoms with Gasteiger partial charge in [-0.05, 0) is 18.8 Å². The molecule has 0 aromatic heterocycles. The number of alkyl halides is 3. The van der Waals surface area contributed by atoms with Crippen molar-refractivity contribution in [2.24, 2.45) is 11.7 Å². The van der Waals surface area contributed by atoms with E-state index in [1.165, 1.54) is 17.7 Å². The Bertz CT molecular complexity index is 313. The Hall–Kier alpha value is -0.330. The second-order valence-electron chi connectivity index (χ2n) is 6.73. The molecule has 2 N–H and O–H groups in total. The van der Waals surface area contributed by atoms with Gasteiger partial charge in [-0.15, -0.1) is 0 Å². The zero-order chi connectivity index (χ0) is 14.8. The van der Waals surface area contributed by atoms with Crippen molar-refractivity contribution < 1.29 is 13.2 Å². The van der Waals surface area contributed by atoms with E-state index in [1.54, 1.807) is 0 Å². The second kappa shape index (κ2) is 6.20. The SMILES string of the molecule is CC1CCCC(N)(CN2CCN(CC(F)(F)F)CC2)C1. The lowest BCUT2D eigenvalue weighted by atomic mass is 9.76. The predicted molar refractivity (Wildman–Crippen MR) is 73.5 cm³/mol. The Balaban J connectivity index is 1.76. The normalized spacial score (nSPS) is 34.4. The average Bonchev–Trinajstić information content (AvgIpc) is 2.29. The molecule has 118 valence electrons. The molecule has 0 aromatic rings. The summed E-state index contributed by atoms with van der Waals surface area (Å²) in [6, 6.07) is 0. The molecule has 0 radical (unpaired) electrons. The quantitative estimate of drug-likeness (QED) is 0.864. The fourth-order valence-electron chi connectivity index (χ4n) is 3.65. The highest BCUT2D eigenvalue weighted by molar-refractivity contribution is 4.93. The first-order valence-electron chi connectivity index (χ1n) is 7.56. The Labute approximate surface area is 119 Å². The van der Waals surface area contributed by atoms with E-state index in [2.05, 4.69) is 11.8 Å². The van der Waals surface area contributed by atoms with Crippen LogP contribution < -0.4 is 5.73 Å². The summed E-state index contributed by atoms with van der Waals surface area (Å²) in [5.41, 5.74) is 6.35. The lowest BCUT2D eigenvalue weighted by Crippen LogP contribution is -2.57. The van der Waals surface area contributed by atoms with Crippen LogP contribution in [0.2, 0.25) is 0 Å². The van der Waals surface area contributed by atoms with Gasteiger partial charge in [0.1, 0.15) is 0 Å². The molecular weight excluding hydrogens is 267 g/mol. The van der Waals surface area contributed by atoms with Gasteiger partial charge in [0.25, 0.3) is 0 Å². The lowest BCUT2D eigenvalue weighted by molar-refractivity contribution is -0.149. The van der Waals surface area contributed by atoms with Crippen molar-refractivity contribution >= 4 is 0 Å². The van der Waals surface area contributed by atoms with Crippen molar-refractivity contribution in [1.82, 2.24) is 9.80 Å². The third kappa shape index (κ3) is 4.90. The van der Waals surface area contributed by atoms with Crippen molar-refractivity contribution in [2.45, 2.75) is 44.3 Å². The summed E-state index contributed by atoms with van der Waals surface area (Å²) in [5, 5.41) is 0. The molecule has 0 aromatic carbocycles. The van der Waals surface area contributed by atoms with Crippen LogP contribution in [0.25, 0.3) is 0 Å².